The highest BCUT2D eigenvalue weighted by atomic mass is 35.5. The maximum absolute atomic E-state index is 11.9. The number of benzene rings is 1. The third-order valence-electron chi connectivity index (χ3n) is 2.56. The molecule has 0 aliphatic heterocycles. The summed E-state index contributed by atoms with van der Waals surface area (Å²) in [5, 5.41) is 0. The van der Waals surface area contributed by atoms with Crippen LogP contribution >= 0.6 is 22.9 Å². The van der Waals surface area contributed by atoms with Crippen molar-refractivity contribution in [2.75, 3.05) is 7.11 Å². The molecule has 1 heterocycles. The maximum atomic E-state index is 11.9. The predicted octanol–water partition coefficient (Wildman–Crippen LogP) is 3.76. The standard InChI is InChI=1S/C14H13ClO2S/c1-17-12-4-2-10(3-5-12)8-11(16)9-13-6-7-14(15)18-13/h2-7H,8-9H2,1H3. The minimum atomic E-state index is 0.193. The topological polar surface area (TPSA) is 26.3 Å². The second kappa shape index (κ2) is 6.03. The van der Waals surface area contributed by atoms with Crippen molar-refractivity contribution in [3.05, 3.63) is 51.2 Å². The second-order valence-corrected chi connectivity index (χ2v) is 5.75. The summed E-state index contributed by atoms with van der Waals surface area (Å²) >= 11 is 7.29. The number of carbonyl (C=O) groups is 1. The van der Waals surface area contributed by atoms with Crippen molar-refractivity contribution in [3.63, 3.8) is 0 Å². The van der Waals surface area contributed by atoms with Gasteiger partial charge in [-0.15, -0.1) is 11.3 Å². The SMILES string of the molecule is COc1ccc(CC(=O)Cc2ccc(Cl)s2)cc1. The zero-order valence-electron chi connectivity index (χ0n) is 9.98. The van der Waals surface area contributed by atoms with Crippen molar-refractivity contribution in [1.29, 1.82) is 0 Å². The Balaban J connectivity index is 1.94. The zero-order valence-corrected chi connectivity index (χ0v) is 11.6. The van der Waals surface area contributed by atoms with Gasteiger partial charge in [-0.3, -0.25) is 4.79 Å². The van der Waals surface area contributed by atoms with Crippen LogP contribution in [-0.4, -0.2) is 12.9 Å². The summed E-state index contributed by atoms with van der Waals surface area (Å²) in [4.78, 5) is 12.9. The van der Waals surface area contributed by atoms with E-state index in [1.807, 2.05) is 36.4 Å². The summed E-state index contributed by atoms with van der Waals surface area (Å²) in [6, 6.07) is 11.3. The summed E-state index contributed by atoms with van der Waals surface area (Å²) < 4.78 is 5.80. The monoisotopic (exact) mass is 280 g/mol. The first-order valence-corrected chi connectivity index (χ1v) is 6.75. The fourth-order valence-corrected chi connectivity index (χ4v) is 2.79. The number of ketones is 1. The summed E-state index contributed by atoms with van der Waals surface area (Å²) in [5.74, 6) is 0.995. The van der Waals surface area contributed by atoms with Gasteiger partial charge in [0.25, 0.3) is 0 Å². The smallest absolute Gasteiger partial charge is 0.142 e. The molecule has 2 aromatic rings. The van der Waals surface area contributed by atoms with E-state index in [1.165, 1.54) is 11.3 Å². The number of methoxy groups -OCH3 is 1. The number of ether oxygens (including phenoxy) is 1. The lowest BCUT2D eigenvalue weighted by atomic mass is 10.1. The Morgan fingerprint density at radius 2 is 1.89 bits per heavy atom. The van der Waals surface area contributed by atoms with E-state index in [0.717, 1.165) is 20.5 Å². The van der Waals surface area contributed by atoms with Crippen LogP contribution in [0.15, 0.2) is 36.4 Å². The molecule has 0 unspecified atom stereocenters. The van der Waals surface area contributed by atoms with Crippen molar-refractivity contribution >= 4 is 28.7 Å². The van der Waals surface area contributed by atoms with E-state index in [-0.39, 0.29) is 5.78 Å². The van der Waals surface area contributed by atoms with Crippen LogP contribution in [0, 0.1) is 0 Å². The molecule has 18 heavy (non-hydrogen) atoms. The molecule has 0 bridgehead atoms. The molecule has 1 aromatic carbocycles. The molecular formula is C14H13ClO2S. The van der Waals surface area contributed by atoms with E-state index in [9.17, 15) is 4.79 Å². The average Bonchev–Trinajstić information content (AvgIpc) is 2.75. The predicted molar refractivity (Wildman–Crippen MR) is 74.7 cm³/mol. The minimum Gasteiger partial charge on any atom is -0.497 e. The van der Waals surface area contributed by atoms with Crippen LogP contribution in [0.4, 0.5) is 0 Å². The molecule has 2 nitrogen and oxygen atoms in total. The Morgan fingerprint density at radius 3 is 2.44 bits per heavy atom. The highest BCUT2D eigenvalue weighted by Crippen LogP contribution is 2.22. The van der Waals surface area contributed by atoms with Crippen LogP contribution in [0.1, 0.15) is 10.4 Å². The van der Waals surface area contributed by atoms with Gasteiger partial charge in [-0.05, 0) is 29.8 Å². The number of carbonyl (C=O) groups excluding carboxylic acids is 1. The van der Waals surface area contributed by atoms with E-state index >= 15 is 0 Å². The molecule has 0 radical (unpaired) electrons. The zero-order chi connectivity index (χ0) is 13.0. The van der Waals surface area contributed by atoms with E-state index in [0.29, 0.717) is 12.8 Å². The number of hydrogen-bond donors (Lipinski definition) is 0. The number of rotatable bonds is 5. The summed E-state index contributed by atoms with van der Waals surface area (Å²) in [7, 11) is 1.63. The highest BCUT2D eigenvalue weighted by molar-refractivity contribution is 7.16. The van der Waals surface area contributed by atoms with Crippen molar-refractivity contribution < 1.29 is 9.53 Å². The lowest BCUT2D eigenvalue weighted by Gasteiger charge is -2.02. The van der Waals surface area contributed by atoms with Gasteiger partial charge < -0.3 is 4.74 Å². The summed E-state index contributed by atoms with van der Waals surface area (Å²) in [6.07, 6.45) is 0.892. The van der Waals surface area contributed by atoms with Crippen molar-refractivity contribution in [2.24, 2.45) is 0 Å². The first-order chi connectivity index (χ1) is 8.67. The molecular weight excluding hydrogens is 268 g/mol. The first kappa shape index (κ1) is 13.1. The quantitative estimate of drug-likeness (QED) is 0.833. The molecule has 0 atom stereocenters. The minimum absolute atomic E-state index is 0.193. The first-order valence-electron chi connectivity index (χ1n) is 5.56. The van der Waals surface area contributed by atoms with E-state index in [2.05, 4.69) is 0 Å². The lowest BCUT2D eigenvalue weighted by molar-refractivity contribution is -0.117. The number of halogens is 1. The van der Waals surface area contributed by atoms with Gasteiger partial charge in [-0.2, -0.15) is 0 Å². The van der Waals surface area contributed by atoms with Crippen LogP contribution in [0.3, 0.4) is 0 Å². The largest absolute Gasteiger partial charge is 0.497 e. The Bertz CT molecular complexity index is 531. The Morgan fingerprint density at radius 1 is 1.17 bits per heavy atom. The highest BCUT2D eigenvalue weighted by Gasteiger charge is 2.07. The Labute approximate surface area is 115 Å². The van der Waals surface area contributed by atoms with Crippen LogP contribution in [0.25, 0.3) is 0 Å². The average molecular weight is 281 g/mol. The van der Waals surface area contributed by atoms with Gasteiger partial charge in [0.15, 0.2) is 0 Å². The summed E-state index contributed by atoms with van der Waals surface area (Å²) in [5.41, 5.74) is 1.00. The van der Waals surface area contributed by atoms with Gasteiger partial charge in [-0.1, -0.05) is 23.7 Å². The van der Waals surface area contributed by atoms with Gasteiger partial charge in [0.05, 0.1) is 11.4 Å². The molecule has 2 rings (SSSR count). The van der Waals surface area contributed by atoms with Crippen molar-refractivity contribution in [3.8, 4) is 5.75 Å². The van der Waals surface area contributed by atoms with Gasteiger partial charge in [0, 0.05) is 17.7 Å². The molecule has 0 spiro atoms. The van der Waals surface area contributed by atoms with Crippen LogP contribution in [0.2, 0.25) is 4.34 Å². The van der Waals surface area contributed by atoms with Crippen molar-refractivity contribution in [1.82, 2.24) is 0 Å². The molecule has 0 amide bonds. The second-order valence-electron chi connectivity index (χ2n) is 3.95. The fourth-order valence-electron chi connectivity index (χ4n) is 1.67. The normalized spacial score (nSPS) is 10.3. The third-order valence-corrected chi connectivity index (χ3v) is 3.79. The van der Waals surface area contributed by atoms with Crippen LogP contribution < -0.4 is 4.74 Å². The van der Waals surface area contributed by atoms with Gasteiger partial charge >= 0.3 is 0 Å². The lowest BCUT2D eigenvalue weighted by Crippen LogP contribution is -2.05. The number of hydrogen-bond acceptors (Lipinski definition) is 3. The molecule has 0 saturated carbocycles. The molecule has 0 aliphatic rings. The van der Waals surface area contributed by atoms with Crippen molar-refractivity contribution in [2.45, 2.75) is 12.8 Å². The van der Waals surface area contributed by atoms with Crippen LogP contribution in [-0.2, 0) is 17.6 Å². The number of Topliss-reactive ketones (excluding diaryl/α,β-unsaturated/α-hetero) is 1. The van der Waals surface area contributed by atoms with Gasteiger partial charge in [0.2, 0.25) is 0 Å². The van der Waals surface area contributed by atoms with E-state index in [4.69, 9.17) is 16.3 Å². The fraction of sp³-hybridized carbons (Fsp3) is 0.214. The van der Waals surface area contributed by atoms with Gasteiger partial charge in [-0.25, -0.2) is 0 Å². The molecule has 0 aliphatic carbocycles. The Kier molecular flexibility index (Phi) is 4.39. The molecule has 94 valence electrons. The van der Waals surface area contributed by atoms with Gasteiger partial charge in [0.1, 0.15) is 11.5 Å². The third kappa shape index (κ3) is 3.59. The molecule has 1 aromatic heterocycles. The van der Waals surface area contributed by atoms with E-state index in [1.54, 1.807) is 7.11 Å². The molecule has 0 N–H and O–H groups in total. The van der Waals surface area contributed by atoms with E-state index < -0.39 is 0 Å². The molecule has 0 saturated heterocycles. The molecule has 0 fully saturated rings. The van der Waals surface area contributed by atoms with Crippen LogP contribution in [0.5, 0.6) is 5.75 Å². The summed E-state index contributed by atoms with van der Waals surface area (Å²) in [6.45, 7) is 0. The maximum Gasteiger partial charge on any atom is 0.142 e. The number of thiophene rings is 1. The molecule has 4 heteroatoms. The Hall–Kier alpha value is -1.32.